The Labute approximate surface area is 178 Å². The molecule has 1 aromatic carbocycles. The van der Waals surface area contributed by atoms with Crippen LogP contribution in [0.4, 0.5) is 0 Å². The van der Waals surface area contributed by atoms with Crippen molar-refractivity contribution in [3.05, 3.63) is 76.2 Å². The molecule has 0 saturated carbocycles. The van der Waals surface area contributed by atoms with Gasteiger partial charge in [-0.15, -0.1) is 0 Å². The Morgan fingerprint density at radius 2 is 2.00 bits per heavy atom. The molecule has 0 bridgehead atoms. The van der Waals surface area contributed by atoms with Crippen LogP contribution in [0.15, 0.2) is 69.3 Å². The highest BCUT2D eigenvalue weighted by molar-refractivity contribution is 8.03. The van der Waals surface area contributed by atoms with Crippen LogP contribution in [0.3, 0.4) is 0 Å². The molecule has 30 heavy (non-hydrogen) atoms. The first-order valence-electron chi connectivity index (χ1n) is 9.21. The van der Waals surface area contributed by atoms with E-state index in [1.165, 1.54) is 13.4 Å². The number of ether oxygens (including phenoxy) is 2. The fourth-order valence-electron chi connectivity index (χ4n) is 3.09. The molecule has 154 valence electrons. The number of allylic oxidation sites excluding steroid dienone is 1. The molecule has 1 aliphatic rings. The molecule has 1 atom stereocenters. The minimum Gasteiger partial charge on any atom is -0.468 e. The lowest BCUT2D eigenvalue weighted by atomic mass is 9.84. The monoisotopic (exact) mass is 424 g/mol. The Morgan fingerprint density at radius 1 is 1.23 bits per heavy atom. The van der Waals surface area contributed by atoms with E-state index in [1.807, 2.05) is 30.3 Å². The molecule has 0 aliphatic carbocycles. The number of carbonyl (C=O) groups excluding carboxylic acids is 2. The number of benzene rings is 1. The van der Waals surface area contributed by atoms with Crippen molar-refractivity contribution in [1.29, 1.82) is 5.26 Å². The molecular weight excluding hydrogens is 404 g/mol. The average molecular weight is 424 g/mol. The van der Waals surface area contributed by atoms with Crippen LogP contribution in [0.25, 0.3) is 5.70 Å². The zero-order valence-corrected chi connectivity index (χ0v) is 17.3. The van der Waals surface area contributed by atoms with Crippen molar-refractivity contribution < 1.29 is 23.5 Å². The van der Waals surface area contributed by atoms with Gasteiger partial charge in [-0.25, -0.2) is 4.79 Å². The van der Waals surface area contributed by atoms with Crippen molar-refractivity contribution >= 4 is 29.4 Å². The van der Waals surface area contributed by atoms with Gasteiger partial charge >= 0.3 is 11.9 Å². The van der Waals surface area contributed by atoms with Crippen LogP contribution in [-0.4, -0.2) is 31.4 Å². The predicted octanol–water partition coefficient (Wildman–Crippen LogP) is 3.58. The zero-order valence-electron chi connectivity index (χ0n) is 16.5. The molecule has 0 fully saturated rings. The summed E-state index contributed by atoms with van der Waals surface area (Å²) in [5.74, 6) is -1.31. The number of hydrogen-bond acceptors (Lipinski definition) is 8. The summed E-state index contributed by atoms with van der Waals surface area (Å²) in [6.45, 7) is 1.91. The molecule has 2 heterocycles. The van der Waals surface area contributed by atoms with Gasteiger partial charge in [-0.2, -0.15) is 5.26 Å². The smallest absolute Gasteiger partial charge is 0.337 e. The van der Waals surface area contributed by atoms with Crippen molar-refractivity contribution in [1.82, 2.24) is 5.32 Å². The van der Waals surface area contributed by atoms with Crippen LogP contribution in [0.2, 0.25) is 0 Å². The van der Waals surface area contributed by atoms with Crippen LogP contribution in [0, 0.1) is 11.3 Å². The van der Waals surface area contributed by atoms with Crippen molar-refractivity contribution in [2.24, 2.45) is 0 Å². The molecule has 0 amide bonds. The maximum Gasteiger partial charge on any atom is 0.337 e. The number of hydrogen-bond donors (Lipinski definition) is 1. The molecule has 1 aromatic heterocycles. The second-order valence-electron chi connectivity index (χ2n) is 6.17. The highest BCUT2D eigenvalue weighted by atomic mass is 32.2. The number of esters is 2. The van der Waals surface area contributed by atoms with Crippen LogP contribution >= 0.6 is 11.8 Å². The Morgan fingerprint density at radius 3 is 2.60 bits per heavy atom. The quantitative estimate of drug-likeness (QED) is 0.673. The first-order valence-corrected chi connectivity index (χ1v) is 10.2. The Kier molecular flexibility index (Phi) is 6.99. The molecule has 1 N–H and O–H groups in total. The Hall–Kier alpha value is -3.44. The summed E-state index contributed by atoms with van der Waals surface area (Å²) < 4.78 is 15.6. The molecule has 7 nitrogen and oxygen atoms in total. The number of nitrogens with one attached hydrogen (secondary N) is 1. The fourth-order valence-corrected chi connectivity index (χ4v) is 3.96. The maximum absolute atomic E-state index is 13.0. The van der Waals surface area contributed by atoms with E-state index in [0.717, 1.165) is 17.3 Å². The van der Waals surface area contributed by atoms with E-state index in [9.17, 15) is 14.9 Å². The normalized spacial score (nSPS) is 16.0. The summed E-state index contributed by atoms with van der Waals surface area (Å²) in [5.41, 5.74) is 1.78. The second kappa shape index (κ2) is 9.85. The van der Waals surface area contributed by atoms with Gasteiger partial charge in [0.1, 0.15) is 5.76 Å². The van der Waals surface area contributed by atoms with E-state index in [1.54, 1.807) is 19.1 Å². The van der Waals surface area contributed by atoms with Gasteiger partial charge in [-0.1, -0.05) is 42.1 Å². The van der Waals surface area contributed by atoms with Crippen molar-refractivity contribution in [2.75, 3.05) is 19.5 Å². The molecule has 0 saturated heterocycles. The summed E-state index contributed by atoms with van der Waals surface area (Å²) in [5, 5.41) is 13.6. The average Bonchev–Trinajstić information content (AvgIpc) is 3.31. The Balaban J connectivity index is 2.19. The molecule has 0 radical (unpaired) electrons. The van der Waals surface area contributed by atoms with Crippen molar-refractivity contribution in [3.8, 4) is 6.07 Å². The van der Waals surface area contributed by atoms with Crippen LogP contribution in [-0.2, 0) is 19.1 Å². The molecule has 1 aliphatic heterocycles. The number of thioether (sulfide) groups is 1. The van der Waals surface area contributed by atoms with E-state index in [-0.39, 0.29) is 23.5 Å². The number of methoxy groups -OCH3 is 1. The standard InChI is InChI=1S/C22H20N2O5S/c1-3-28-22(26)19-18(16-10-7-11-29-16)15(12-23)21(30-13-17(25)27-2)24-20(19)14-8-5-4-6-9-14/h4-11,18,24H,3,13H2,1-2H3. The van der Waals surface area contributed by atoms with E-state index in [4.69, 9.17) is 13.9 Å². The van der Waals surface area contributed by atoms with E-state index >= 15 is 0 Å². The van der Waals surface area contributed by atoms with E-state index in [0.29, 0.717) is 16.5 Å². The number of rotatable bonds is 7. The van der Waals surface area contributed by atoms with Crippen LogP contribution < -0.4 is 5.32 Å². The van der Waals surface area contributed by atoms with Gasteiger partial charge in [0.25, 0.3) is 0 Å². The van der Waals surface area contributed by atoms with Gasteiger partial charge < -0.3 is 19.2 Å². The molecule has 8 heteroatoms. The number of carbonyl (C=O) groups is 2. The molecule has 1 unspecified atom stereocenters. The highest BCUT2D eigenvalue weighted by Gasteiger charge is 2.38. The summed E-state index contributed by atoms with van der Waals surface area (Å²) >= 11 is 1.13. The van der Waals surface area contributed by atoms with Crippen LogP contribution in [0.1, 0.15) is 24.2 Å². The van der Waals surface area contributed by atoms with Gasteiger partial charge in [0.2, 0.25) is 0 Å². The van der Waals surface area contributed by atoms with Crippen LogP contribution in [0.5, 0.6) is 0 Å². The van der Waals surface area contributed by atoms with Crippen molar-refractivity contribution in [3.63, 3.8) is 0 Å². The lowest BCUT2D eigenvalue weighted by molar-refractivity contribution is -0.139. The first kappa shape index (κ1) is 21.3. The summed E-state index contributed by atoms with van der Waals surface area (Å²) in [7, 11) is 1.30. The van der Waals surface area contributed by atoms with Gasteiger partial charge in [0.05, 0.1) is 59.6 Å². The van der Waals surface area contributed by atoms with Gasteiger partial charge in [0.15, 0.2) is 0 Å². The number of furan rings is 1. The molecule has 2 aromatic rings. The largest absolute Gasteiger partial charge is 0.468 e. The van der Waals surface area contributed by atoms with Gasteiger partial charge in [-0.3, -0.25) is 4.79 Å². The summed E-state index contributed by atoms with van der Waals surface area (Å²) in [6.07, 6.45) is 1.48. The minimum absolute atomic E-state index is 0.00565. The third-order valence-electron chi connectivity index (χ3n) is 4.40. The number of nitriles is 1. The Bertz CT molecular complexity index is 1020. The summed E-state index contributed by atoms with van der Waals surface area (Å²) in [6, 6.07) is 14.8. The van der Waals surface area contributed by atoms with E-state index < -0.39 is 17.9 Å². The third-order valence-corrected chi connectivity index (χ3v) is 5.39. The fraction of sp³-hybridized carbons (Fsp3) is 0.227. The van der Waals surface area contributed by atoms with Crippen molar-refractivity contribution in [2.45, 2.75) is 12.8 Å². The van der Waals surface area contributed by atoms with Gasteiger partial charge in [-0.05, 0) is 24.6 Å². The van der Waals surface area contributed by atoms with E-state index in [2.05, 4.69) is 11.4 Å². The maximum atomic E-state index is 13.0. The zero-order chi connectivity index (χ0) is 21.5. The highest BCUT2D eigenvalue weighted by Crippen LogP contribution is 2.43. The topological polar surface area (TPSA) is 102 Å². The SMILES string of the molecule is CCOC(=O)C1=C(c2ccccc2)NC(SCC(=O)OC)=C(C#N)C1c1ccco1. The number of nitrogens with zero attached hydrogens (tertiary/aromatic N) is 1. The lowest BCUT2D eigenvalue weighted by Gasteiger charge is -2.29. The minimum atomic E-state index is -0.777. The third kappa shape index (κ3) is 4.42. The predicted molar refractivity (Wildman–Crippen MR) is 112 cm³/mol. The second-order valence-corrected chi connectivity index (χ2v) is 7.15. The molecule has 3 rings (SSSR count). The molecular formula is C22H20N2O5S. The summed E-state index contributed by atoms with van der Waals surface area (Å²) in [4.78, 5) is 24.7. The number of dihydropyridines is 1. The van der Waals surface area contributed by atoms with Gasteiger partial charge in [0, 0.05) is 0 Å². The lowest BCUT2D eigenvalue weighted by Crippen LogP contribution is -2.29. The molecule has 0 spiro atoms. The first-order chi connectivity index (χ1) is 14.6.